The zero-order valence-corrected chi connectivity index (χ0v) is 15.7. The lowest BCUT2D eigenvalue weighted by molar-refractivity contribution is -0.142. The van der Waals surface area contributed by atoms with E-state index in [1.165, 1.54) is 6.20 Å². The number of halogens is 5. The molecule has 2 aromatic heterocycles. The standard InChI is InChI=1S/C18H17F5N2O2S/c1-9(2)7-10-11(8-28-12-5-3-4-6-24-12)15(18(21,22)23)25-14(16(19)20)13(10)17(26)27/h3-6,9,16H,7-8H2,1-2H3,(H,26,27). The number of alkyl halides is 5. The van der Waals surface area contributed by atoms with Crippen LogP contribution in [0.5, 0.6) is 0 Å². The Morgan fingerprint density at radius 2 is 1.89 bits per heavy atom. The summed E-state index contributed by atoms with van der Waals surface area (Å²) < 4.78 is 67.5. The number of carboxylic acid groups (broad SMARTS) is 1. The summed E-state index contributed by atoms with van der Waals surface area (Å²) >= 11 is 0.948. The molecule has 0 aliphatic heterocycles. The lowest BCUT2D eigenvalue weighted by Gasteiger charge is -2.21. The quantitative estimate of drug-likeness (QED) is 0.465. The van der Waals surface area contributed by atoms with E-state index in [0.717, 1.165) is 11.8 Å². The van der Waals surface area contributed by atoms with Gasteiger partial charge in [0.05, 0.1) is 10.6 Å². The maximum Gasteiger partial charge on any atom is 0.433 e. The molecule has 0 aliphatic rings. The molecule has 0 saturated heterocycles. The smallest absolute Gasteiger partial charge is 0.433 e. The van der Waals surface area contributed by atoms with E-state index in [-0.39, 0.29) is 23.7 Å². The molecule has 4 nitrogen and oxygen atoms in total. The first-order chi connectivity index (χ1) is 13.0. The van der Waals surface area contributed by atoms with E-state index in [1.807, 2.05) is 0 Å². The van der Waals surface area contributed by atoms with Crippen molar-refractivity contribution in [3.05, 3.63) is 52.5 Å². The number of nitrogens with zero attached hydrogens (tertiary/aromatic N) is 2. The molecule has 0 radical (unpaired) electrons. The van der Waals surface area contributed by atoms with E-state index in [0.29, 0.717) is 5.03 Å². The molecule has 0 bridgehead atoms. The summed E-state index contributed by atoms with van der Waals surface area (Å²) in [6, 6.07) is 4.87. The topological polar surface area (TPSA) is 63.1 Å². The normalized spacial score (nSPS) is 12.0. The van der Waals surface area contributed by atoms with Crippen LogP contribution in [-0.2, 0) is 18.3 Å². The average molecular weight is 420 g/mol. The zero-order chi connectivity index (χ0) is 21.1. The van der Waals surface area contributed by atoms with E-state index in [2.05, 4.69) is 9.97 Å². The van der Waals surface area contributed by atoms with Gasteiger partial charge < -0.3 is 5.11 Å². The first-order valence-electron chi connectivity index (χ1n) is 8.20. The third-order valence-electron chi connectivity index (χ3n) is 3.74. The molecule has 2 aromatic rings. The van der Waals surface area contributed by atoms with E-state index in [4.69, 9.17) is 0 Å². The largest absolute Gasteiger partial charge is 0.478 e. The van der Waals surface area contributed by atoms with Crippen molar-refractivity contribution in [1.29, 1.82) is 0 Å². The van der Waals surface area contributed by atoms with Gasteiger partial charge in [-0.25, -0.2) is 23.5 Å². The van der Waals surface area contributed by atoms with Gasteiger partial charge >= 0.3 is 12.1 Å². The molecular formula is C18H17F5N2O2S. The summed E-state index contributed by atoms with van der Waals surface area (Å²) in [6.45, 7) is 3.33. The van der Waals surface area contributed by atoms with Crippen LogP contribution in [0.4, 0.5) is 22.0 Å². The minimum atomic E-state index is -5.01. The van der Waals surface area contributed by atoms with Crippen LogP contribution in [-0.4, -0.2) is 21.0 Å². The van der Waals surface area contributed by atoms with Gasteiger partial charge in [-0.2, -0.15) is 13.2 Å². The summed E-state index contributed by atoms with van der Waals surface area (Å²) in [5.41, 5.74) is -4.36. The minimum absolute atomic E-state index is 0.106. The molecule has 0 aromatic carbocycles. The number of hydrogen-bond donors (Lipinski definition) is 1. The Bertz CT molecular complexity index is 842. The number of thioether (sulfide) groups is 1. The van der Waals surface area contributed by atoms with Gasteiger partial charge in [-0.15, -0.1) is 11.8 Å². The maximum atomic E-state index is 13.6. The molecule has 152 valence electrons. The van der Waals surface area contributed by atoms with Crippen LogP contribution >= 0.6 is 11.8 Å². The highest BCUT2D eigenvalue weighted by atomic mass is 32.2. The molecule has 2 rings (SSSR count). The fraction of sp³-hybridized carbons (Fsp3) is 0.389. The minimum Gasteiger partial charge on any atom is -0.478 e. The Morgan fingerprint density at radius 3 is 2.36 bits per heavy atom. The van der Waals surface area contributed by atoms with Gasteiger partial charge in [-0.1, -0.05) is 19.9 Å². The van der Waals surface area contributed by atoms with Crippen LogP contribution in [0.1, 0.15) is 53.1 Å². The highest BCUT2D eigenvalue weighted by molar-refractivity contribution is 7.98. The molecule has 0 amide bonds. The molecule has 28 heavy (non-hydrogen) atoms. The molecule has 0 atom stereocenters. The van der Waals surface area contributed by atoms with Crippen LogP contribution in [0.15, 0.2) is 29.4 Å². The highest BCUT2D eigenvalue weighted by Crippen LogP contribution is 2.39. The molecule has 1 N–H and O–H groups in total. The Morgan fingerprint density at radius 1 is 1.21 bits per heavy atom. The summed E-state index contributed by atoms with van der Waals surface area (Å²) in [5.74, 6) is -2.29. The van der Waals surface area contributed by atoms with Crippen LogP contribution in [0.25, 0.3) is 0 Å². The maximum absolute atomic E-state index is 13.6. The number of carboxylic acids is 1. The van der Waals surface area contributed by atoms with Crippen molar-refractivity contribution in [3.8, 4) is 0 Å². The molecule has 2 heterocycles. The van der Waals surface area contributed by atoms with Gasteiger partial charge in [0.1, 0.15) is 11.4 Å². The number of aromatic carboxylic acids is 1. The van der Waals surface area contributed by atoms with Crippen molar-refractivity contribution in [3.63, 3.8) is 0 Å². The van der Waals surface area contributed by atoms with E-state index in [9.17, 15) is 31.9 Å². The predicted octanol–water partition coefficient (Wildman–Crippen LogP) is 5.62. The average Bonchev–Trinajstić information content (AvgIpc) is 2.58. The Balaban J connectivity index is 2.72. The van der Waals surface area contributed by atoms with E-state index in [1.54, 1.807) is 32.0 Å². The molecular weight excluding hydrogens is 403 g/mol. The van der Waals surface area contributed by atoms with Gasteiger partial charge in [-0.3, -0.25) is 0 Å². The third-order valence-corrected chi connectivity index (χ3v) is 4.71. The van der Waals surface area contributed by atoms with Crippen molar-refractivity contribution in [2.24, 2.45) is 5.92 Å². The number of rotatable bonds is 7. The second-order valence-corrected chi connectivity index (χ2v) is 7.33. The Hall–Kier alpha value is -2.23. The monoisotopic (exact) mass is 420 g/mol. The molecule has 0 saturated carbocycles. The van der Waals surface area contributed by atoms with Crippen molar-refractivity contribution in [1.82, 2.24) is 9.97 Å². The summed E-state index contributed by atoms with van der Waals surface area (Å²) in [6.07, 6.45) is -7.10. The summed E-state index contributed by atoms with van der Waals surface area (Å²) in [7, 11) is 0. The lowest BCUT2D eigenvalue weighted by atomic mass is 9.91. The van der Waals surface area contributed by atoms with Crippen LogP contribution in [0, 0.1) is 5.92 Å². The first kappa shape index (κ1) is 22.1. The second kappa shape index (κ2) is 8.85. The highest BCUT2D eigenvalue weighted by Gasteiger charge is 2.40. The number of pyridine rings is 2. The van der Waals surface area contributed by atoms with Crippen LogP contribution in [0.2, 0.25) is 0 Å². The Kier molecular flexibility index (Phi) is 6.97. The number of hydrogen-bond acceptors (Lipinski definition) is 4. The fourth-order valence-corrected chi connectivity index (χ4v) is 3.60. The third kappa shape index (κ3) is 5.18. The van der Waals surface area contributed by atoms with E-state index < -0.39 is 41.1 Å². The number of carbonyl (C=O) groups is 1. The van der Waals surface area contributed by atoms with Gasteiger partial charge in [0.2, 0.25) is 0 Å². The Labute approximate surface area is 162 Å². The van der Waals surface area contributed by atoms with Gasteiger partial charge in [0.15, 0.2) is 0 Å². The van der Waals surface area contributed by atoms with Crippen molar-refractivity contribution in [2.45, 2.75) is 43.6 Å². The number of aromatic nitrogens is 2. The van der Waals surface area contributed by atoms with Gasteiger partial charge in [0, 0.05) is 11.9 Å². The second-order valence-electron chi connectivity index (χ2n) is 6.34. The molecule has 0 unspecified atom stereocenters. The molecule has 10 heteroatoms. The van der Waals surface area contributed by atoms with Crippen molar-refractivity contribution in [2.75, 3.05) is 0 Å². The van der Waals surface area contributed by atoms with Crippen LogP contribution in [0.3, 0.4) is 0 Å². The summed E-state index contributed by atoms with van der Waals surface area (Å²) in [4.78, 5) is 18.7. The van der Waals surface area contributed by atoms with E-state index >= 15 is 0 Å². The molecule has 0 aliphatic carbocycles. The summed E-state index contributed by atoms with van der Waals surface area (Å²) in [5, 5.41) is 9.86. The van der Waals surface area contributed by atoms with Crippen molar-refractivity contribution < 1.29 is 31.9 Å². The SMILES string of the molecule is CC(C)Cc1c(CSc2ccccn2)c(C(F)(F)F)nc(C(F)F)c1C(=O)O. The molecule has 0 fully saturated rings. The van der Waals surface area contributed by atoms with Crippen LogP contribution < -0.4 is 0 Å². The zero-order valence-electron chi connectivity index (χ0n) is 14.9. The fourth-order valence-electron chi connectivity index (χ4n) is 2.69. The molecule has 0 spiro atoms. The van der Waals surface area contributed by atoms with Crippen molar-refractivity contribution >= 4 is 17.7 Å². The van der Waals surface area contributed by atoms with Gasteiger partial charge in [-0.05, 0) is 35.6 Å². The van der Waals surface area contributed by atoms with Gasteiger partial charge in [0.25, 0.3) is 6.43 Å². The first-order valence-corrected chi connectivity index (χ1v) is 9.19. The predicted molar refractivity (Wildman–Crippen MR) is 93.5 cm³/mol. The lowest BCUT2D eigenvalue weighted by Crippen LogP contribution is -2.21.